The molecular weight excluding hydrogens is 385 g/mol. The first kappa shape index (κ1) is 19.7. The lowest BCUT2D eigenvalue weighted by Gasteiger charge is -2.10. The second kappa shape index (κ2) is 7.93. The standard InChI is InChI=1S/C18H18FN5O3S/c1-9-14(17(26)27-4)10(2)20-15(9)16(25)11(3)28-18-21-22-23-24(18)13-7-5-6-12(19)8-13/h5-8,11,20H,1-4H3. The van der Waals surface area contributed by atoms with Crippen LogP contribution in [0.2, 0.25) is 0 Å². The van der Waals surface area contributed by atoms with E-state index in [1.165, 1.54) is 23.9 Å². The highest BCUT2D eigenvalue weighted by atomic mass is 32.2. The van der Waals surface area contributed by atoms with Gasteiger partial charge in [-0.15, -0.1) is 5.10 Å². The fourth-order valence-electron chi connectivity index (χ4n) is 2.84. The highest BCUT2D eigenvalue weighted by molar-refractivity contribution is 8.00. The molecule has 0 radical (unpaired) electrons. The summed E-state index contributed by atoms with van der Waals surface area (Å²) < 4.78 is 19.6. The molecule has 28 heavy (non-hydrogen) atoms. The van der Waals surface area contributed by atoms with Gasteiger partial charge in [0.15, 0.2) is 5.78 Å². The van der Waals surface area contributed by atoms with E-state index >= 15 is 0 Å². The number of hydrogen-bond acceptors (Lipinski definition) is 7. The summed E-state index contributed by atoms with van der Waals surface area (Å²) >= 11 is 1.14. The number of aryl methyl sites for hydroxylation is 1. The minimum Gasteiger partial charge on any atom is -0.465 e. The molecule has 10 heteroatoms. The van der Waals surface area contributed by atoms with Crippen molar-refractivity contribution in [3.05, 3.63) is 52.6 Å². The number of Topliss-reactive ketones (excluding diaryl/α,β-unsaturated/α-hetero) is 1. The van der Waals surface area contributed by atoms with Gasteiger partial charge < -0.3 is 9.72 Å². The Hall–Kier alpha value is -3.01. The molecule has 0 spiro atoms. The van der Waals surface area contributed by atoms with Crippen LogP contribution in [-0.4, -0.2) is 49.3 Å². The van der Waals surface area contributed by atoms with Gasteiger partial charge in [-0.25, -0.2) is 9.18 Å². The van der Waals surface area contributed by atoms with Crippen molar-refractivity contribution in [2.24, 2.45) is 0 Å². The summed E-state index contributed by atoms with van der Waals surface area (Å²) in [6.07, 6.45) is 0. The molecule has 0 aliphatic rings. The fraction of sp³-hybridized carbons (Fsp3) is 0.278. The van der Waals surface area contributed by atoms with E-state index in [1.807, 2.05) is 0 Å². The second-order valence-corrected chi connectivity index (χ2v) is 7.40. The number of methoxy groups -OCH3 is 1. The number of rotatable bonds is 6. The molecule has 1 aromatic carbocycles. The third-order valence-electron chi connectivity index (χ3n) is 4.22. The van der Waals surface area contributed by atoms with Crippen molar-refractivity contribution in [2.45, 2.75) is 31.2 Å². The molecule has 1 N–H and O–H groups in total. The topological polar surface area (TPSA) is 103 Å². The molecule has 2 heterocycles. The Morgan fingerprint density at radius 1 is 1.32 bits per heavy atom. The van der Waals surface area contributed by atoms with Crippen molar-refractivity contribution in [1.29, 1.82) is 0 Å². The zero-order valence-electron chi connectivity index (χ0n) is 15.7. The highest BCUT2D eigenvalue weighted by Gasteiger charge is 2.27. The SMILES string of the molecule is COC(=O)c1c(C)[nH]c(C(=O)C(C)Sc2nnnn2-c2cccc(F)c2)c1C. The van der Waals surface area contributed by atoms with E-state index in [2.05, 4.69) is 20.5 Å². The zero-order valence-corrected chi connectivity index (χ0v) is 16.5. The number of benzene rings is 1. The molecule has 0 amide bonds. The molecule has 0 saturated heterocycles. The number of hydrogen-bond donors (Lipinski definition) is 1. The van der Waals surface area contributed by atoms with E-state index in [1.54, 1.807) is 32.9 Å². The van der Waals surface area contributed by atoms with Gasteiger partial charge >= 0.3 is 5.97 Å². The molecule has 0 bridgehead atoms. The third kappa shape index (κ3) is 3.68. The van der Waals surface area contributed by atoms with Gasteiger partial charge in [-0.1, -0.05) is 17.8 Å². The van der Waals surface area contributed by atoms with Crippen LogP contribution in [-0.2, 0) is 4.74 Å². The number of esters is 1. The van der Waals surface area contributed by atoms with E-state index < -0.39 is 17.0 Å². The van der Waals surface area contributed by atoms with Crippen molar-refractivity contribution < 1.29 is 18.7 Å². The van der Waals surface area contributed by atoms with E-state index in [0.29, 0.717) is 33.4 Å². The van der Waals surface area contributed by atoms with Gasteiger partial charge in [0.05, 0.1) is 29.3 Å². The summed E-state index contributed by atoms with van der Waals surface area (Å²) in [4.78, 5) is 27.8. The van der Waals surface area contributed by atoms with Crippen molar-refractivity contribution in [1.82, 2.24) is 25.2 Å². The highest BCUT2D eigenvalue weighted by Crippen LogP contribution is 2.28. The number of H-pyrrole nitrogens is 1. The Morgan fingerprint density at radius 3 is 2.75 bits per heavy atom. The first-order valence-electron chi connectivity index (χ1n) is 8.36. The maximum absolute atomic E-state index is 13.5. The number of halogens is 1. The fourth-order valence-corrected chi connectivity index (χ4v) is 3.71. The number of thioether (sulfide) groups is 1. The molecule has 3 rings (SSSR count). The molecule has 3 aromatic rings. The van der Waals surface area contributed by atoms with Gasteiger partial charge in [0.1, 0.15) is 5.82 Å². The molecule has 2 aromatic heterocycles. The van der Waals surface area contributed by atoms with Crippen molar-refractivity contribution >= 4 is 23.5 Å². The average Bonchev–Trinajstić information content (AvgIpc) is 3.24. The summed E-state index contributed by atoms with van der Waals surface area (Å²) in [6.45, 7) is 5.11. The first-order chi connectivity index (χ1) is 13.3. The molecular formula is C18H18FN5O3S. The number of aromatic amines is 1. The summed E-state index contributed by atoms with van der Waals surface area (Å²) in [6, 6.07) is 5.84. The molecule has 0 aliphatic heterocycles. The van der Waals surface area contributed by atoms with Gasteiger partial charge in [0.25, 0.3) is 0 Å². The number of tetrazole rings is 1. The molecule has 1 atom stereocenters. The smallest absolute Gasteiger partial charge is 0.339 e. The average molecular weight is 403 g/mol. The molecule has 0 aliphatic carbocycles. The van der Waals surface area contributed by atoms with Crippen LogP contribution in [0.3, 0.4) is 0 Å². The molecule has 8 nitrogen and oxygen atoms in total. The number of carbonyl (C=O) groups excluding carboxylic acids is 2. The zero-order chi connectivity index (χ0) is 20.4. The minimum atomic E-state index is -0.555. The van der Waals surface area contributed by atoms with Crippen LogP contribution in [0.4, 0.5) is 4.39 Å². The van der Waals surface area contributed by atoms with E-state index in [4.69, 9.17) is 4.74 Å². The van der Waals surface area contributed by atoms with E-state index in [9.17, 15) is 14.0 Å². The third-order valence-corrected chi connectivity index (χ3v) is 5.25. The van der Waals surface area contributed by atoms with Crippen molar-refractivity contribution in [3.8, 4) is 5.69 Å². The van der Waals surface area contributed by atoms with Crippen molar-refractivity contribution in [2.75, 3.05) is 7.11 Å². The van der Waals surface area contributed by atoms with Crippen molar-refractivity contribution in [3.63, 3.8) is 0 Å². The minimum absolute atomic E-state index is 0.213. The molecule has 146 valence electrons. The van der Waals surface area contributed by atoms with Gasteiger partial charge in [0, 0.05) is 5.69 Å². The van der Waals surface area contributed by atoms with Crippen LogP contribution in [0, 0.1) is 19.7 Å². The van der Waals surface area contributed by atoms with Crippen LogP contribution in [0.15, 0.2) is 29.4 Å². The summed E-state index contributed by atoms with van der Waals surface area (Å²) in [5.41, 5.74) is 2.24. The lowest BCUT2D eigenvalue weighted by atomic mass is 10.1. The quantitative estimate of drug-likeness (QED) is 0.383. The predicted octanol–water partition coefficient (Wildman–Crippen LogP) is 2.90. The van der Waals surface area contributed by atoms with E-state index in [-0.39, 0.29) is 5.78 Å². The summed E-state index contributed by atoms with van der Waals surface area (Å²) in [5, 5.41) is 11.2. The first-order valence-corrected chi connectivity index (χ1v) is 9.24. The normalized spacial score (nSPS) is 12.0. The van der Waals surface area contributed by atoms with Gasteiger partial charge in [0.2, 0.25) is 5.16 Å². The molecule has 0 saturated carbocycles. The van der Waals surface area contributed by atoms with Crippen LogP contribution >= 0.6 is 11.8 Å². The van der Waals surface area contributed by atoms with Gasteiger partial charge in [-0.05, 0) is 55.0 Å². The summed E-state index contributed by atoms with van der Waals surface area (Å²) in [7, 11) is 1.29. The maximum Gasteiger partial charge on any atom is 0.339 e. The number of ether oxygens (including phenoxy) is 1. The number of carbonyl (C=O) groups is 2. The second-order valence-electron chi connectivity index (χ2n) is 6.09. The number of nitrogens with zero attached hydrogens (tertiary/aromatic N) is 4. The maximum atomic E-state index is 13.5. The van der Waals surface area contributed by atoms with Crippen LogP contribution < -0.4 is 0 Å². The Morgan fingerprint density at radius 2 is 2.07 bits per heavy atom. The largest absolute Gasteiger partial charge is 0.465 e. The number of aromatic nitrogens is 5. The van der Waals surface area contributed by atoms with Gasteiger partial charge in [-0.3, -0.25) is 4.79 Å². The Labute approximate surface area is 164 Å². The monoisotopic (exact) mass is 403 g/mol. The van der Waals surface area contributed by atoms with E-state index in [0.717, 1.165) is 11.8 Å². The Kier molecular flexibility index (Phi) is 5.59. The Bertz CT molecular complexity index is 1050. The molecule has 0 fully saturated rings. The van der Waals surface area contributed by atoms with Crippen LogP contribution in [0.1, 0.15) is 39.0 Å². The Balaban J connectivity index is 1.85. The lowest BCUT2D eigenvalue weighted by Crippen LogP contribution is -2.16. The van der Waals surface area contributed by atoms with Crippen LogP contribution in [0.5, 0.6) is 0 Å². The van der Waals surface area contributed by atoms with Gasteiger partial charge in [-0.2, -0.15) is 4.68 Å². The van der Waals surface area contributed by atoms with Crippen LogP contribution in [0.25, 0.3) is 5.69 Å². The number of nitrogens with one attached hydrogen (secondary N) is 1. The summed E-state index contributed by atoms with van der Waals surface area (Å²) in [5.74, 6) is -1.13. The molecule has 1 unspecified atom stereocenters. The number of ketones is 1. The lowest BCUT2D eigenvalue weighted by molar-refractivity contribution is 0.0599. The predicted molar refractivity (Wildman–Crippen MR) is 100 cm³/mol.